The molecule has 2 aromatic carbocycles. The molecule has 0 saturated carbocycles. The van der Waals surface area contributed by atoms with E-state index >= 15 is 0 Å². The second-order valence-electron chi connectivity index (χ2n) is 13.6. The summed E-state index contributed by atoms with van der Waals surface area (Å²) in [7, 11) is -0.707. The number of nitrogens with zero attached hydrogens (tertiary/aromatic N) is 2. The number of nitrogens with one attached hydrogen (secondary N) is 3. The van der Waals surface area contributed by atoms with Crippen LogP contribution in [0.15, 0.2) is 66.2 Å². The third-order valence-electron chi connectivity index (χ3n) is 8.13. The van der Waals surface area contributed by atoms with Crippen LogP contribution in [-0.2, 0) is 35.6 Å². The Labute approximate surface area is 274 Å². The molecule has 3 unspecified atom stereocenters. The van der Waals surface area contributed by atoms with Crippen LogP contribution < -0.4 is 15.4 Å². The molecular formula is C35H49N5O5S. The van der Waals surface area contributed by atoms with Gasteiger partial charge in [-0.25, -0.2) is 13.1 Å². The number of nitriles is 1. The molecule has 0 aromatic heterocycles. The fraction of sp³-hybridized carbons (Fsp3) is 0.486. The molecule has 0 saturated heterocycles. The maximum Gasteiger partial charge on any atom is 0.260 e. The number of carbonyl (C=O) groups excluding carboxylic acids is 3. The van der Waals surface area contributed by atoms with Crippen LogP contribution in [0.25, 0.3) is 0 Å². The second-order valence-corrected chi connectivity index (χ2v) is 15.4. The van der Waals surface area contributed by atoms with Crippen molar-refractivity contribution >= 4 is 27.7 Å². The zero-order chi connectivity index (χ0) is 35.0. The molecule has 2 rings (SSSR count). The first-order chi connectivity index (χ1) is 21.2. The zero-order valence-electron chi connectivity index (χ0n) is 28.6. The van der Waals surface area contributed by atoms with E-state index in [1.54, 1.807) is 20.2 Å². The normalized spacial score (nSPS) is 14.5. The van der Waals surface area contributed by atoms with Crippen molar-refractivity contribution in [1.82, 2.24) is 20.3 Å². The van der Waals surface area contributed by atoms with Crippen molar-refractivity contribution < 1.29 is 22.8 Å². The Balaban J connectivity index is 2.28. The van der Waals surface area contributed by atoms with Crippen LogP contribution in [0.4, 0.5) is 0 Å². The highest BCUT2D eigenvalue weighted by Gasteiger charge is 2.41. The molecular weight excluding hydrogens is 602 g/mol. The lowest BCUT2D eigenvalue weighted by molar-refractivity contribution is -0.140. The number of likely N-dealkylation sites (N-methyl/N-ethyl adjacent to an activating group) is 2. The van der Waals surface area contributed by atoms with Crippen molar-refractivity contribution in [3.63, 3.8) is 0 Å². The molecule has 0 heterocycles. The van der Waals surface area contributed by atoms with Crippen molar-refractivity contribution in [2.75, 3.05) is 14.1 Å². The number of sulfonamides is 1. The van der Waals surface area contributed by atoms with Crippen molar-refractivity contribution in [3.05, 3.63) is 82.9 Å². The summed E-state index contributed by atoms with van der Waals surface area (Å²) in [5, 5.41) is 15.1. The Morgan fingerprint density at radius 2 is 1.52 bits per heavy atom. The monoisotopic (exact) mass is 651 g/mol. The summed E-state index contributed by atoms with van der Waals surface area (Å²) >= 11 is 0. The predicted molar refractivity (Wildman–Crippen MR) is 181 cm³/mol. The van der Waals surface area contributed by atoms with Gasteiger partial charge in [0, 0.05) is 18.0 Å². The van der Waals surface area contributed by atoms with Crippen LogP contribution in [0.2, 0.25) is 0 Å². The molecule has 0 bridgehead atoms. The topological polar surface area (TPSA) is 148 Å². The summed E-state index contributed by atoms with van der Waals surface area (Å²) in [6.07, 6.45) is 1.57. The zero-order valence-corrected chi connectivity index (χ0v) is 29.5. The van der Waals surface area contributed by atoms with Crippen LogP contribution in [0.5, 0.6) is 0 Å². The van der Waals surface area contributed by atoms with Crippen LogP contribution in [0.3, 0.4) is 0 Å². The van der Waals surface area contributed by atoms with Gasteiger partial charge in [-0.3, -0.25) is 14.4 Å². The highest BCUT2D eigenvalue weighted by molar-refractivity contribution is 7.89. The summed E-state index contributed by atoms with van der Waals surface area (Å²) in [6, 6.07) is 15.6. The Hall–Kier alpha value is -4.01. The van der Waals surface area contributed by atoms with Gasteiger partial charge in [0.25, 0.3) is 5.91 Å². The first-order valence-electron chi connectivity index (χ1n) is 15.3. The molecule has 250 valence electrons. The molecule has 3 amide bonds. The van der Waals surface area contributed by atoms with Gasteiger partial charge in [-0.2, -0.15) is 5.26 Å². The fourth-order valence-corrected chi connectivity index (χ4v) is 6.46. The second kappa shape index (κ2) is 15.5. The van der Waals surface area contributed by atoms with Crippen LogP contribution in [0.1, 0.15) is 72.1 Å². The largest absolute Gasteiger partial charge is 0.342 e. The average molecular weight is 652 g/mol. The summed E-state index contributed by atoms with van der Waals surface area (Å²) in [5.41, 5.74) is 0.664. The molecule has 0 aliphatic heterocycles. The summed E-state index contributed by atoms with van der Waals surface area (Å²) in [5.74, 6) is -2.06. The minimum Gasteiger partial charge on any atom is -0.342 e. The molecule has 0 fully saturated rings. The van der Waals surface area contributed by atoms with Gasteiger partial charge < -0.3 is 15.5 Å². The van der Waals surface area contributed by atoms with Crippen molar-refractivity contribution in [2.45, 2.75) is 84.7 Å². The van der Waals surface area contributed by atoms with Gasteiger partial charge in [0.1, 0.15) is 6.04 Å². The van der Waals surface area contributed by atoms with E-state index in [-0.39, 0.29) is 23.3 Å². The van der Waals surface area contributed by atoms with Crippen molar-refractivity contribution in [3.8, 4) is 6.07 Å². The quantitative estimate of drug-likeness (QED) is 0.277. The lowest BCUT2D eigenvalue weighted by Crippen LogP contribution is -2.61. The Morgan fingerprint density at radius 3 is 2.00 bits per heavy atom. The van der Waals surface area contributed by atoms with Gasteiger partial charge in [-0.05, 0) is 48.6 Å². The van der Waals surface area contributed by atoms with E-state index in [1.165, 1.54) is 36.1 Å². The number of hydrogen-bond donors (Lipinski definition) is 3. The summed E-state index contributed by atoms with van der Waals surface area (Å²) in [4.78, 5) is 42.3. The third-order valence-corrected chi connectivity index (χ3v) is 9.34. The smallest absolute Gasteiger partial charge is 0.260 e. The molecule has 3 atom stereocenters. The van der Waals surface area contributed by atoms with E-state index in [0.717, 1.165) is 5.56 Å². The number of carbonyl (C=O) groups is 3. The molecule has 11 heteroatoms. The van der Waals surface area contributed by atoms with E-state index in [1.807, 2.05) is 84.9 Å². The standard InChI is InChI=1S/C35H49N5O5S/c1-23(2)28(20-24(3)31(41)39-46(44,45)22-26-18-16-25(21-36)17-19-26)40(10)33(43)30(34(4,5)6)38-32(42)29(37-9)35(7,8)27-14-12-11-13-15-27/h11-20,23,28-30,37H,22H2,1-10H3,(H,38,42)(H,39,41). The van der Waals surface area contributed by atoms with Gasteiger partial charge in [-0.15, -0.1) is 0 Å². The number of rotatable bonds is 13. The minimum atomic E-state index is -4.04. The Morgan fingerprint density at radius 1 is 0.957 bits per heavy atom. The van der Waals surface area contributed by atoms with Gasteiger partial charge in [0.15, 0.2) is 0 Å². The Bertz CT molecular complexity index is 1550. The average Bonchev–Trinajstić information content (AvgIpc) is 2.97. The molecule has 0 radical (unpaired) electrons. The fourth-order valence-electron chi connectivity index (χ4n) is 5.31. The Kier molecular flexibility index (Phi) is 12.9. The SMILES string of the molecule is CNC(C(=O)NC(C(=O)N(C)C(C=C(C)C(=O)NS(=O)(=O)Cc1ccc(C#N)cc1)C(C)C)C(C)(C)C)C(C)(C)c1ccccc1. The van der Waals surface area contributed by atoms with E-state index in [9.17, 15) is 22.8 Å². The van der Waals surface area contributed by atoms with Gasteiger partial charge >= 0.3 is 0 Å². The van der Waals surface area contributed by atoms with E-state index < -0.39 is 50.6 Å². The predicted octanol–water partition coefficient (Wildman–Crippen LogP) is 4.03. The lowest BCUT2D eigenvalue weighted by atomic mass is 9.76. The third kappa shape index (κ3) is 9.99. The maximum absolute atomic E-state index is 14.1. The molecule has 2 aromatic rings. The van der Waals surface area contributed by atoms with E-state index in [2.05, 4.69) is 15.4 Å². The van der Waals surface area contributed by atoms with Gasteiger partial charge in [0.2, 0.25) is 21.8 Å². The number of benzene rings is 2. The number of amides is 3. The lowest BCUT2D eigenvalue weighted by Gasteiger charge is -2.40. The van der Waals surface area contributed by atoms with Crippen LogP contribution in [0, 0.1) is 22.7 Å². The van der Waals surface area contributed by atoms with Crippen molar-refractivity contribution in [2.24, 2.45) is 11.3 Å². The molecule has 46 heavy (non-hydrogen) atoms. The van der Waals surface area contributed by atoms with Crippen molar-refractivity contribution in [1.29, 1.82) is 5.26 Å². The number of hydrogen-bond acceptors (Lipinski definition) is 7. The van der Waals surface area contributed by atoms with Crippen LogP contribution >= 0.6 is 0 Å². The summed E-state index contributed by atoms with van der Waals surface area (Å²) < 4.78 is 27.6. The van der Waals surface area contributed by atoms with E-state index in [4.69, 9.17) is 5.26 Å². The molecule has 0 spiro atoms. The van der Waals surface area contributed by atoms with Gasteiger partial charge in [0.05, 0.1) is 29.5 Å². The highest BCUT2D eigenvalue weighted by Crippen LogP contribution is 2.29. The molecule has 3 N–H and O–H groups in total. The molecule has 0 aliphatic carbocycles. The van der Waals surface area contributed by atoms with Crippen LogP contribution in [-0.4, -0.2) is 63.3 Å². The minimum absolute atomic E-state index is 0.123. The highest BCUT2D eigenvalue weighted by atomic mass is 32.2. The maximum atomic E-state index is 14.1. The first kappa shape index (κ1) is 38.2. The van der Waals surface area contributed by atoms with E-state index in [0.29, 0.717) is 11.1 Å². The summed E-state index contributed by atoms with van der Waals surface area (Å²) in [6.45, 7) is 14.8. The molecule has 10 nitrogen and oxygen atoms in total. The molecule has 0 aliphatic rings. The first-order valence-corrected chi connectivity index (χ1v) is 16.9. The van der Waals surface area contributed by atoms with Gasteiger partial charge in [-0.1, -0.05) is 97.0 Å².